The predicted octanol–water partition coefficient (Wildman–Crippen LogP) is 2.30. The van der Waals surface area contributed by atoms with Crippen LogP contribution in [0.5, 0.6) is 0 Å². The minimum absolute atomic E-state index is 0.900. The molecule has 1 aromatic heterocycles. The van der Waals surface area contributed by atoms with Crippen LogP contribution in [0.15, 0.2) is 18.7 Å². The topological polar surface area (TPSA) is 29.9 Å². The van der Waals surface area contributed by atoms with Gasteiger partial charge in [-0.15, -0.1) is 0 Å². The summed E-state index contributed by atoms with van der Waals surface area (Å²) in [6.07, 6.45) is 11.4. The van der Waals surface area contributed by atoms with E-state index in [0.717, 1.165) is 24.9 Å². The minimum Gasteiger partial charge on any atom is -0.336 e. The Morgan fingerprint density at radius 3 is 3.00 bits per heavy atom. The Balaban J connectivity index is 1.60. The van der Waals surface area contributed by atoms with Crippen LogP contribution in [-0.2, 0) is 6.54 Å². The molecule has 0 bridgehead atoms. The molecule has 2 rings (SSSR count). The average Bonchev–Trinajstić information content (AvgIpc) is 2.79. The quantitative estimate of drug-likeness (QED) is 0.773. The standard InChI is InChI=1S/C13H23N3/c1-12-4-2-3-5-13(12)10-14-6-8-16-9-7-15-11-16/h7,9,11-14H,2-6,8,10H2,1H3. The molecule has 0 aliphatic heterocycles. The first-order valence-electron chi connectivity index (χ1n) is 6.52. The van der Waals surface area contributed by atoms with Gasteiger partial charge in [-0.1, -0.05) is 26.2 Å². The lowest BCUT2D eigenvalue weighted by Crippen LogP contribution is -2.31. The second kappa shape index (κ2) is 6.04. The summed E-state index contributed by atoms with van der Waals surface area (Å²) in [6.45, 7) is 5.68. The van der Waals surface area contributed by atoms with Crippen LogP contribution in [0, 0.1) is 11.8 Å². The maximum Gasteiger partial charge on any atom is 0.0946 e. The SMILES string of the molecule is CC1CCCCC1CNCCn1ccnc1. The highest BCUT2D eigenvalue weighted by Gasteiger charge is 2.20. The molecule has 2 atom stereocenters. The molecule has 90 valence electrons. The van der Waals surface area contributed by atoms with Gasteiger partial charge in [0.15, 0.2) is 0 Å². The van der Waals surface area contributed by atoms with Gasteiger partial charge in [-0.05, 0) is 24.8 Å². The second-order valence-corrected chi connectivity index (χ2v) is 5.03. The molecule has 0 aromatic carbocycles. The highest BCUT2D eigenvalue weighted by atomic mass is 15.0. The molecule has 1 aliphatic carbocycles. The van der Waals surface area contributed by atoms with Crippen molar-refractivity contribution in [3.63, 3.8) is 0 Å². The van der Waals surface area contributed by atoms with Gasteiger partial charge in [0.1, 0.15) is 0 Å². The van der Waals surface area contributed by atoms with Crippen LogP contribution in [0.25, 0.3) is 0 Å². The second-order valence-electron chi connectivity index (χ2n) is 5.03. The molecule has 0 spiro atoms. The zero-order chi connectivity index (χ0) is 11.2. The minimum atomic E-state index is 0.900. The third-order valence-electron chi connectivity index (χ3n) is 3.80. The molecular formula is C13H23N3. The lowest BCUT2D eigenvalue weighted by molar-refractivity contribution is 0.247. The van der Waals surface area contributed by atoms with Gasteiger partial charge in [-0.3, -0.25) is 0 Å². The summed E-state index contributed by atoms with van der Waals surface area (Å²) >= 11 is 0. The van der Waals surface area contributed by atoms with Crippen molar-refractivity contribution < 1.29 is 0 Å². The predicted molar refractivity (Wildman–Crippen MR) is 66.2 cm³/mol. The van der Waals surface area contributed by atoms with Crippen molar-refractivity contribution in [2.75, 3.05) is 13.1 Å². The number of nitrogens with one attached hydrogen (secondary N) is 1. The Kier molecular flexibility index (Phi) is 4.40. The molecule has 2 unspecified atom stereocenters. The van der Waals surface area contributed by atoms with E-state index < -0.39 is 0 Å². The molecule has 0 radical (unpaired) electrons. The monoisotopic (exact) mass is 221 g/mol. The first-order valence-corrected chi connectivity index (χ1v) is 6.52. The van der Waals surface area contributed by atoms with Gasteiger partial charge in [-0.2, -0.15) is 0 Å². The molecule has 16 heavy (non-hydrogen) atoms. The first kappa shape index (κ1) is 11.6. The van der Waals surface area contributed by atoms with E-state index in [-0.39, 0.29) is 0 Å². The summed E-state index contributed by atoms with van der Waals surface area (Å²) in [5.41, 5.74) is 0. The van der Waals surface area contributed by atoms with E-state index >= 15 is 0 Å². The molecule has 0 saturated heterocycles. The van der Waals surface area contributed by atoms with E-state index in [9.17, 15) is 0 Å². The summed E-state index contributed by atoms with van der Waals surface area (Å²) in [4.78, 5) is 4.04. The Morgan fingerprint density at radius 1 is 1.38 bits per heavy atom. The van der Waals surface area contributed by atoms with Crippen LogP contribution in [0.3, 0.4) is 0 Å². The fourth-order valence-corrected chi connectivity index (χ4v) is 2.61. The van der Waals surface area contributed by atoms with E-state index in [4.69, 9.17) is 0 Å². The third-order valence-corrected chi connectivity index (χ3v) is 3.80. The van der Waals surface area contributed by atoms with Crippen molar-refractivity contribution in [2.45, 2.75) is 39.2 Å². The fraction of sp³-hybridized carbons (Fsp3) is 0.769. The maximum atomic E-state index is 4.04. The molecule has 1 saturated carbocycles. The number of hydrogen-bond donors (Lipinski definition) is 1. The molecule has 3 nitrogen and oxygen atoms in total. The maximum absolute atomic E-state index is 4.04. The van der Waals surface area contributed by atoms with E-state index in [0.29, 0.717) is 0 Å². The van der Waals surface area contributed by atoms with E-state index in [1.54, 1.807) is 0 Å². The van der Waals surface area contributed by atoms with Crippen LogP contribution in [0.1, 0.15) is 32.6 Å². The van der Waals surface area contributed by atoms with Gasteiger partial charge in [0.05, 0.1) is 6.33 Å². The van der Waals surface area contributed by atoms with Crippen LogP contribution < -0.4 is 5.32 Å². The molecule has 1 aromatic rings. The Bertz CT molecular complexity index is 281. The Morgan fingerprint density at radius 2 is 2.25 bits per heavy atom. The van der Waals surface area contributed by atoms with Crippen LogP contribution in [-0.4, -0.2) is 22.6 Å². The van der Waals surface area contributed by atoms with Gasteiger partial charge >= 0.3 is 0 Å². The molecular weight excluding hydrogens is 198 g/mol. The zero-order valence-corrected chi connectivity index (χ0v) is 10.2. The van der Waals surface area contributed by atoms with Crippen molar-refractivity contribution in [2.24, 2.45) is 11.8 Å². The van der Waals surface area contributed by atoms with Crippen LogP contribution in [0.2, 0.25) is 0 Å². The normalized spacial score (nSPS) is 25.8. The summed E-state index contributed by atoms with van der Waals surface area (Å²) in [5.74, 6) is 1.81. The Hall–Kier alpha value is -0.830. The van der Waals surface area contributed by atoms with Crippen molar-refractivity contribution >= 4 is 0 Å². The van der Waals surface area contributed by atoms with Gasteiger partial charge in [0.2, 0.25) is 0 Å². The summed E-state index contributed by atoms with van der Waals surface area (Å²) in [6, 6.07) is 0. The first-order chi connectivity index (χ1) is 7.86. The lowest BCUT2D eigenvalue weighted by atomic mass is 9.80. The zero-order valence-electron chi connectivity index (χ0n) is 10.2. The number of nitrogens with zero attached hydrogens (tertiary/aromatic N) is 2. The lowest BCUT2D eigenvalue weighted by Gasteiger charge is -2.28. The molecule has 0 amide bonds. The number of imidazole rings is 1. The van der Waals surface area contributed by atoms with Crippen molar-refractivity contribution in [1.29, 1.82) is 0 Å². The molecule has 1 N–H and O–H groups in total. The largest absolute Gasteiger partial charge is 0.336 e. The van der Waals surface area contributed by atoms with Crippen molar-refractivity contribution in [3.05, 3.63) is 18.7 Å². The highest BCUT2D eigenvalue weighted by molar-refractivity contribution is 4.76. The van der Waals surface area contributed by atoms with Crippen LogP contribution >= 0.6 is 0 Å². The summed E-state index contributed by atoms with van der Waals surface area (Å²) in [7, 11) is 0. The van der Waals surface area contributed by atoms with Crippen molar-refractivity contribution in [3.8, 4) is 0 Å². The average molecular weight is 221 g/mol. The Labute approximate surface area is 98.3 Å². The van der Waals surface area contributed by atoms with Gasteiger partial charge in [0.25, 0.3) is 0 Å². The molecule has 1 aliphatic rings. The number of rotatable bonds is 5. The summed E-state index contributed by atoms with van der Waals surface area (Å²) in [5, 5.41) is 3.58. The number of hydrogen-bond acceptors (Lipinski definition) is 2. The molecule has 1 heterocycles. The number of aromatic nitrogens is 2. The highest BCUT2D eigenvalue weighted by Crippen LogP contribution is 2.28. The van der Waals surface area contributed by atoms with Crippen molar-refractivity contribution in [1.82, 2.24) is 14.9 Å². The molecule has 3 heteroatoms. The van der Waals surface area contributed by atoms with Gasteiger partial charge < -0.3 is 9.88 Å². The fourth-order valence-electron chi connectivity index (χ4n) is 2.61. The van der Waals surface area contributed by atoms with Gasteiger partial charge in [-0.25, -0.2) is 4.98 Å². The smallest absolute Gasteiger partial charge is 0.0946 e. The van der Waals surface area contributed by atoms with E-state index in [1.807, 2.05) is 18.7 Å². The van der Waals surface area contributed by atoms with E-state index in [1.165, 1.54) is 32.2 Å². The van der Waals surface area contributed by atoms with Crippen LogP contribution in [0.4, 0.5) is 0 Å². The summed E-state index contributed by atoms with van der Waals surface area (Å²) < 4.78 is 2.12. The van der Waals surface area contributed by atoms with E-state index in [2.05, 4.69) is 21.8 Å². The molecule has 1 fully saturated rings. The third kappa shape index (κ3) is 3.34. The van der Waals surface area contributed by atoms with Gasteiger partial charge in [0, 0.05) is 25.5 Å².